The van der Waals surface area contributed by atoms with Gasteiger partial charge in [-0.25, -0.2) is 0 Å². The maximum Gasteiger partial charge on any atom is 0.0345 e. The van der Waals surface area contributed by atoms with E-state index >= 15 is 0 Å². The Balaban J connectivity index is 1.64. The molecule has 0 amide bonds. The van der Waals surface area contributed by atoms with Gasteiger partial charge in [0.1, 0.15) is 0 Å². The largest absolute Gasteiger partial charge is 0.382 e. The second kappa shape index (κ2) is 5.56. The highest BCUT2D eigenvalue weighted by atomic mass is 14.9. The Bertz CT molecular complexity index is 435. The Labute approximate surface area is 117 Å². The van der Waals surface area contributed by atoms with E-state index in [-0.39, 0.29) is 0 Å². The van der Waals surface area contributed by atoms with Gasteiger partial charge >= 0.3 is 0 Å². The SMILES string of the molecule is CC(C)C1CCCC(Nc2ccc3c(c2)CCC3)C1. The molecular formula is C18H27N. The first-order chi connectivity index (χ1) is 9.22. The lowest BCUT2D eigenvalue weighted by Crippen LogP contribution is -2.29. The summed E-state index contributed by atoms with van der Waals surface area (Å²) in [7, 11) is 0. The number of rotatable bonds is 3. The van der Waals surface area contributed by atoms with Crippen LogP contribution in [0.1, 0.15) is 57.1 Å². The monoisotopic (exact) mass is 257 g/mol. The third kappa shape index (κ3) is 2.96. The Morgan fingerprint density at radius 1 is 1.05 bits per heavy atom. The molecule has 0 heterocycles. The first-order valence-corrected chi connectivity index (χ1v) is 8.10. The first-order valence-electron chi connectivity index (χ1n) is 8.10. The van der Waals surface area contributed by atoms with Crippen LogP contribution in [0.3, 0.4) is 0 Å². The summed E-state index contributed by atoms with van der Waals surface area (Å²) in [5, 5.41) is 3.80. The fraction of sp³-hybridized carbons (Fsp3) is 0.667. The molecule has 0 aromatic heterocycles. The molecule has 1 saturated carbocycles. The number of nitrogens with one attached hydrogen (secondary N) is 1. The van der Waals surface area contributed by atoms with Gasteiger partial charge in [-0.3, -0.25) is 0 Å². The van der Waals surface area contributed by atoms with Crippen molar-refractivity contribution >= 4 is 5.69 Å². The molecule has 0 radical (unpaired) electrons. The lowest BCUT2D eigenvalue weighted by Gasteiger charge is -2.32. The number of aryl methyl sites for hydroxylation is 2. The van der Waals surface area contributed by atoms with Crippen LogP contribution in [0, 0.1) is 11.8 Å². The van der Waals surface area contributed by atoms with Gasteiger partial charge in [-0.1, -0.05) is 32.8 Å². The van der Waals surface area contributed by atoms with Crippen LogP contribution in [0.25, 0.3) is 0 Å². The molecule has 2 aliphatic carbocycles. The molecule has 3 rings (SSSR count). The minimum Gasteiger partial charge on any atom is -0.382 e. The van der Waals surface area contributed by atoms with Crippen LogP contribution in [-0.4, -0.2) is 6.04 Å². The van der Waals surface area contributed by atoms with Crippen molar-refractivity contribution in [2.75, 3.05) is 5.32 Å². The average Bonchev–Trinajstić information content (AvgIpc) is 2.86. The van der Waals surface area contributed by atoms with E-state index in [4.69, 9.17) is 0 Å². The van der Waals surface area contributed by atoms with Crippen LogP contribution in [0.2, 0.25) is 0 Å². The molecule has 1 fully saturated rings. The normalized spacial score (nSPS) is 26.5. The van der Waals surface area contributed by atoms with Crippen molar-refractivity contribution in [1.82, 2.24) is 0 Å². The second-order valence-electron chi connectivity index (χ2n) is 6.85. The van der Waals surface area contributed by atoms with E-state index < -0.39 is 0 Å². The minimum atomic E-state index is 0.695. The van der Waals surface area contributed by atoms with Crippen molar-refractivity contribution in [3.63, 3.8) is 0 Å². The molecule has 2 atom stereocenters. The van der Waals surface area contributed by atoms with Crippen molar-refractivity contribution < 1.29 is 0 Å². The molecule has 0 bridgehead atoms. The highest BCUT2D eigenvalue weighted by molar-refractivity contribution is 5.50. The number of hydrogen-bond acceptors (Lipinski definition) is 1. The first kappa shape index (κ1) is 13.0. The Kier molecular flexibility index (Phi) is 3.81. The predicted molar refractivity (Wildman–Crippen MR) is 82.7 cm³/mol. The highest BCUT2D eigenvalue weighted by Crippen LogP contribution is 2.32. The van der Waals surface area contributed by atoms with E-state index in [0.29, 0.717) is 6.04 Å². The number of benzene rings is 1. The summed E-state index contributed by atoms with van der Waals surface area (Å²) in [4.78, 5) is 0. The predicted octanol–water partition coefficient (Wildman–Crippen LogP) is 4.80. The summed E-state index contributed by atoms with van der Waals surface area (Å²) >= 11 is 0. The van der Waals surface area contributed by atoms with Gasteiger partial charge in [0.05, 0.1) is 0 Å². The van der Waals surface area contributed by atoms with E-state index in [1.807, 2.05) is 0 Å². The van der Waals surface area contributed by atoms with Gasteiger partial charge in [0.25, 0.3) is 0 Å². The smallest absolute Gasteiger partial charge is 0.0345 e. The summed E-state index contributed by atoms with van der Waals surface area (Å²) in [6, 6.07) is 7.73. The molecule has 1 aromatic rings. The van der Waals surface area contributed by atoms with Crippen LogP contribution in [0.15, 0.2) is 18.2 Å². The van der Waals surface area contributed by atoms with Crippen molar-refractivity contribution in [3.05, 3.63) is 29.3 Å². The fourth-order valence-corrected chi connectivity index (χ4v) is 3.86. The zero-order valence-corrected chi connectivity index (χ0v) is 12.4. The molecule has 1 nitrogen and oxygen atoms in total. The van der Waals surface area contributed by atoms with E-state index in [0.717, 1.165) is 11.8 Å². The van der Waals surface area contributed by atoms with E-state index in [9.17, 15) is 0 Å². The summed E-state index contributed by atoms with van der Waals surface area (Å²) < 4.78 is 0. The molecule has 0 saturated heterocycles. The molecule has 2 aliphatic rings. The third-order valence-corrected chi connectivity index (χ3v) is 5.13. The zero-order chi connectivity index (χ0) is 13.2. The quantitative estimate of drug-likeness (QED) is 0.820. The summed E-state index contributed by atoms with van der Waals surface area (Å²) in [6.45, 7) is 4.75. The Hall–Kier alpha value is -0.980. The average molecular weight is 257 g/mol. The van der Waals surface area contributed by atoms with E-state index in [1.165, 1.54) is 50.6 Å². The van der Waals surface area contributed by atoms with Gasteiger partial charge in [-0.2, -0.15) is 0 Å². The van der Waals surface area contributed by atoms with Crippen LogP contribution in [0.5, 0.6) is 0 Å². The van der Waals surface area contributed by atoms with Crippen molar-refractivity contribution in [3.8, 4) is 0 Å². The number of fused-ring (bicyclic) bond motifs is 1. The maximum atomic E-state index is 3.80. The van der Waals surface area contributed by atoms with Gasteiger partial charge < -0.3 is 5.32 Å². The molecule has 2 unspecified atom stereocenters. The van der Waals surface area contributed by atoms with Crippen molar-refractivity contribution in [2.24, 2.45) is 11.8 Å². The molecule has 104 valence electrons. The van der Waals surface area contributed by atoms with Gasteiger partial charge in [0.2, 0.25) is 0 Å². The zero-order valence-electron chi connectivity index (χ0n) is 12.4. The summed E-state index contributed by atoms with van der Waals surface area (Å²) in [5.74, 6) is 1.75. The molecule has 0 spiro atoms. The van der Waals surface area contributed by atoms with Gasteiger partial charge in [0.15, 0.2) is 0 Å². The lowest BCUT2D eigenvalue weighted by atomic mass is 9.79. The highest BCUT2D eigenvalue weighted by Gasteiger charge is 2.24. The van der Waals surface area contributed by atoms with Gasteiger partial charge in [-0.05, 0) is 67.2 Å². The van der Waals surface area contributed by atoms with Gasteiger partial charge in [-0.15, -0.1) is 0 Å². The fourth-order valence-electron chi connectivity index (χ4n) is 3.86. The molecule has 19 heavy (non-hydrogen) atoms. The van der Waals surface area contributed by atoms with Crippen LogP contribution in [0.4, 0.5) is 5.69 Å². The van der Waals surface area contributed by atoms with Crippen molar-refractivity contribution in [1.29, 1.82) is 0 Å². The van der Waals surface area contributed by atoms with Gasteiger partial charge in [0, 0.05) is 11.7 Å². The Morgan fingerprint density at radius 2 is 1.89 bits per heavy atom. The standard InChI is InChI=1S/C18H27N/c1-13(2)15-6-4-8-17(11-15)19-18-10-9-14-5-3-7-16(14)12-18/h9-10,12-13,15,17,19H,3-8,11H2,1-2H3. The van der Waals surface area contributed by atoms with Crippen molar-refractivity contribution in [2.45, 2.75) is 64.8 Å². The molecule has 1 aromatic carbocycles. The molecule has 1 heteroatoms. The molecule has 0 aliphatic heterocycles. The maximum absolute atomic E-state index is 3.80. The van der Waals surface area contributed by atoms with E-state index in [2.05, 4.69) is 37.4 Å². The van der Waals surface area contributed by atoms with Crippen LogP contribution in [-0.2, 0) is 12.8 Å². The van der Waals surface area contributed by atoms with E-state index in [1.54, 1.807) is 11.1 Å². The lowest BCUT2D eigenvalue weighted by molar-refractivity contribution is 0.264. The minimum absolute atomic E-state index is 0.695. The molecule has 1 N–H and O–H groups in total. The van der Waals surface area contributed by atoms with Crippen LogP contribution >= 0.6 is 0 Å². The molecular weight excluding hydrogens is 230 g/mol. The summed E-state index contributed by atoms with van der Waals surface area (Å²) in [6.07, 6.45) is 9.44. The number of hydrogen-bond donors (Lipinski definition) is 1. The number of anilines is 1. The van der Waals surface area contributed by atoms with Crippen LogP contribution < -0.4 is 5.32 Å². The second-order valence-corrected chi connectivity index (χ2v) is 6.85. The summed E-state index contributed by atoms with van der Waals surface area (Å²) in [5.41, 5.74) is 4.52. The topological polar surface area (TPSA) is 12.0 Å². The third-order valence-electron chi connectivity index (χ3n) is 5.13. The Morgan fingerprint density at radius 3 is 2.74 bits per heavy atom.